The molecule has 5 nitrogen and oxygen atoms in total. The molecular weight excluding hydrogens is 308 g/mol. The van der Waals surface area contributed by atoms with Gasteiger partial charge in [0.1, 0.15) is 0 Å². The van der Waals surface area contributed by atoms with Gasteiger partial charge in [-0.25, -0.2) is 0 Å². The summed E-state index contributed by atoms with van der Waals surface area (Å²) < 4.78 is 8.77. The normalized spacial score (nSPS) is 21.5. The third-order valence-corrected chi connectivity index (χ3v) is 4.33. The average Bonchev–Trinajstić information content (AvgIpc) is 2.82. The van der Waals surface area contributed by atoms with E-state index >= 15 is 0 Å². The molecule has 2 rings (SSSR count). The summed E-state index contributed by atoms with van der Waals surface area (Å²) in [7, 11) is 0. The number of hydrogen-bond acceptors (Lipinski definition) is 4. The van der Waals surface area contributed by atoms with E-state index in [1.807, 2.05) is 10.9 Å². The zero-order valence-electron chi connectivity index (χ0n) is 11.4. The summed E-state index contributed by atoms with van der Waals surface area (Å²) in [5, 5.41) is 4.34. The predicted octanol–water partition coefficient (Wildman–Crippen LogP) is 2.52. The molecular formula is C13H23BrN4O. The van der Waals surface area contributed by atoms with Crippen LogP contribution in [0.25, 0.3) is 0 Å². The van der Waals surface area contributed by atoms with Crippen molar-refractivity contribution in [2.45, 2.75) is 57.7 Å². The first-order valence-corrected chi connectivity index (χ1v) is 7.84. The summed E-state index contributed by atoms with van der Waals surface area (Å²) in [6.07, 6.45) is 7.87. The quantitative estimate of drug-likeness (QED) is 0.621. The van der Waals surface area contributed by atoms with Crippen LogP contribution in [0.4, 0.5) is 0 Å². The molecule has 1 saturated heterocycles. The van der Waals surface area contributed by atoms with Crippen molar-refractivity contribution in [2.75, 3.05) is 6.61 Å². The van der Waals surface area contributed by atoms with Gasteiger partial charge in [0.2, 0.25) is 0 Å². The van der Waals surface area contributed by atoms with Crippen molar-refractivity contribution in [2.24, 2.45) is 5.84 Å². The van der Waals surface area contributed by atoms with Gasteiger partial charge in [-0.05, 0) is 55.0 Å². The van der Waals surface area contributed by atoms with Crippen molar-refractivity contribution in [1.82, 2.24) is 15.2 Å². The Bertz CT molecular complexity index is 390. The van der Waals surface area contributed by atoms with Crippen molar-refractivity contribution in [1.29, 1.82) is 0 Å². The fourth-order valence-corrected chi connectivity index (χ4v) is 3.23. The number of halogens is 1. The van der Waals surface area contributed by atoms with E-state index in [-0.39, 0.29) is 6.04 Å². The molecule has 1 fully saturated rings. The van der Waals surface area contributed by atoms with Gasteiger partial charge in [0.15, 0.2) is 0 Å². The topological polar surface area (TPSA) is 65.1 Å². The van der Waals surface area contributed by atoms with E-state index in [0.717, 1.165) is 36.2 Å². The maximum atomic E-state index is 5.77. The van der Waals surface area contributed by atoms with Crippen LogP contribution < -0.4 is 11.3 Å². The Morgan fingerprint density at radius 3 is 3.11 bits per heavy atom. The van der Waals surface area contributed by atoms with Crippen LogP contribution in [0.2, 0.25) is 0 Å². The van der Waals surface area contributed by atoms with E-state index in [0.29, 0.717) is 6.10 Å². The SMILES string of the molecule is CCn1ncc(Br)c1C(CCC1CCCCO1)NN. The van der Waals surface area contributed by atoms with Gasteiger partial charge in [0.05, 0.1) is 28.5 Å². The smallest absolute Gasteiger partial charge is 0.0709 e. The van der Waals surface area contributed by atoms with Crippen molar-refractivity contribution < 1.29 is 4.74 Å². The number of rotatable bonds is 6. The molecule has 0 aromatic carbocycles. The van der Waals surface area contributed by atoms with Gasteiger partial charge >= 0.3 is 0 Å². The number of aromatic nitrogens is 2. The summed E-state index contributed by atoms with van der Waals surface area (Å²) in [5.41, 5.74) is 4.04. The van der Waals surface area contributed by atoms with Crippen LogP contribution >= 0.6 is 15.9 Å². The molecule has 108 valence electrons. The third kappa shape index (κ3) is 3.78. The molecule has 0 saturated carbocycles. The standard InChI is InChI=1S/C13H23BrN4O/c1-2-18-13(11(14)9-16-18)12(17-15)7-6-10-5-3-4-8-19-10/h9-10,12,17H,2-8,15H2,1H3. The van der Waals surface area contributed by atoms with Crippen LogP contribution in [-0.4, -0.2) is 22.5 Å². The maximum absolute atomic E-state index is 5.77. The lowest BCUT2D eigenvalue weighted by Crippen LogP contribution is -2.31. The minimum absolute atomic E-state index is 0.113. The highest BCUT2D eigenvalue weighted by molar-refractivity contribution is 9.10. The molecule has 0 amide bonds. The highest BCUT2D eigenvalue weighted by atomic mass is 79.9. The second kappa shape index (κ2) is 7.38. The molecule has 2 unspecified atom stereocenters. The fourth-order valence-electron chi connectivity index (χ4n) is 2.66. The van der Waals surface area contributed by atoms with Gasteiger partial charge in [-0.15, -0.1) is 0 Å². The number of aryl methyl sites for hydroxylation is 1. The van der Waals surface area contributed by atoms with E-state index in [4.69, 9.17) is 10.6 Å². The number of nitrogens with zero attached hydrogens (tertiary/aromatic N) is 2. The molecule has 0 radical (unpaired) electrons. The number of hydrazine groups is 1. The number of ether oxygens (including phenoxy) is 1. The zero-order valence-corrected chi connectivity index (χ0v) is 13.0. The van der Waals surface area contributed by atoms with E-state index < -0.39 is 0 Å². The lowest BCUT2D eigenvalue weighted by molar-refractivity contribution is 0.00839. The first kappa shape index (κ1) is 15.0. The van der Waals surface area contributed by atoms with Gasteiger partial charge in [-0.1, -0.05) is 0 Å². The third-order valence-electron chi connectivity index (χ3n) is 3.72. The van der Waals surface area contributed by atoms with Crippen LogP contribution in [0.3, 0.4) is 0 Å². The molecule has 0 spiro atoms. The van der Waals surface area contributed by atoms with E-state index in [1.54, 1.807) is 0 Å². The highest BCUT2D eigenvalue weighted by Gasteiger charge is 2.21. The maximum Gasteiger partial charge on any atom is 0.0709 e. The lowest BCUT2D eigenvalue weighted by atomic mass is 10.0. The minimum Gasteiger partial charge on any atom is -0.378 e. The summed E-state index contributed by atoms with van der Waals surface area (Å²) >= 11 is 3.56. The van der Waals surface area contributed by atoms with Gasteiger partial charge in [0, 0.05) is 13.2 Å². The molecule has 2 atom stereocenters. The van der Waals surface area contributed by atoms with Crippen molar-refractivity contribution in [3.8, 4) is 0 Å². The molecule has 0 aliphatic carbocycles. The van der Waals surface area contributed by atoms with Crippen LogP contribution in [0, 0.1) is 0 Å². The molecule has 1 aliphatic heterocycles. The van der Waals surface area contributed by atoms with Crippen LogP contribution in [-0.2, 0) is 11.3 Å². The molecule has 1 aromatic heterocycles. The lowest BCUT2D eigenvalue weighted by Gasteiger charge is -2.25. The molecule has 3 N–H and O–H groups in total. The van der Waals surface area contributed by atoms with Gasteiger partial charge < -0.3 is 4.74 Å². The summed E-state index contributed by atoms with van der Waals surface area (Å²) in [5.74, 6) is 5.72. The van der Waals surface area contributed by atoms with E-state index in [2.05, 4.69) is 33.4 Å². The second-order valence-electron chi connectivity index (χ2n) is 4.98. The van der Waals surface area contributed by atoms with Crippen molar-refractivity contribution in [3.05, 3.63) is 16.4 Å². The first-order valence-electron chi connectivity index (χ1n) is 7.05. The molecule has 2 heterocycles. The Labute approximate surface area is 123 Å². The fraction of sp³-hybridized carbons (Fsp3) is 0.769. The first-order chi connectivity index (χ1) is 9.26. The predicted molar refractivity (Wildman–Crippen MR) is 78.5 cm³/mol. The number of nitrogens with two attached hydrogens (primary N) is 1. The Kier molecular flexibility index (Phi) is 5.81. The monoisotopic (exact) mass is 330 g/mol. The number of nitrogens with one attached hydrogen (secondary N) is 1. The van der Waals surface area contributed by atoms with E-state index in [9.17, 15) is 0 Å². The summed E-state index contributed by atoms with van der Waals surface area (Å²) in [6, 6.07) is 0.113. The van der Waals surface area contributed by atoms with Crippen molar-refractivity contribution >= 4 is 15.9 Å². The van der Waals surface area contributed by atoms with Crippen molar-refractivity contribution in [3.63, 3.8) is 0 Å². The molecule has 19 heavy (non-hydrogen) atoms. The largest absolute Gasteiger partial charge is 0.378 e. The Hall–Kier alpha value is -0.430. The average molecular weight is 331 g/mol. The Morgan fingerprint density at radius 2 is 2.47 bits per heavy atom. The minimum atomic E-state index is 0.113. The molecule has 0 bridgehead atoms. The van der Waals surface area contributed by atoms with Gasteiger partial charge in [-0.3, -0.25) is 16.0 Å². The number of hydrogen-bond donors (Lipinski definition) is 2. The van der Waals surface area contributed by atoms with E-state index in [1.165, 1.54) is 19.3 Å². The van der Waals surface area contributed by atoms with Crippen LogP contribution in [0.15, 0.2) is 10.7 Å². The van der Waals surface area contributed by atoms with Gasteiger partial charge in [-0.2, -0.15) is 5.10 Å². The summed E-state index contributed by atoms with van der Waals surface area (Å²) in [6.45, 7) is 3.84. The Balaban J connectivity index is 1.97. The molecule has 1 aliphatic rings. The van der Waals surface area contributed by atoms with Crippen LogP contribution in [0.5, 0.6) is 0 Å². The molecule has 1 aromatic rings. The van der Waals surface area contributed by atoms with Crippen LogP contribution in [0.1, 0.15) is 50.8 Å². The zero-order chi connectivity index (χ0) is 13.7. The summed E-state index contributed by atoms with van der Waals surface area (Å²) in [4.78, 5) is 0. The second-order valence-corrected chi connectivity index (χ2v) is 5.83. The molecule has 6 heteroatoms. The Morgan fingerprint density at radius 1 is 1.63 bits per heavy atom. The van der Waals surface area contributed by atoms with Gasteiger partial charge in [0.25, 0.3) is 0 Å². The highest BCUT2D eigenvalue weighted by Crippen LogP contribution is 2.28.